The zero-order chi connectivity index (χ0) is 22.9. The standard InChI is InChI=1S/C26H20ClN3O3/c1-33-21-8-5-17(6-9-21)25(31)28-20-4-2-3-16(14-20)13-18-11-12-30-24(18)29-23-15-19(27)7-10-22(23)26(30)32/h2-10,13-15H,11-12H2,1H3,(H,28,31)/b18-13+. The third kappa shape index (κ3) is 4.13. The van der Waals surface area contributed by atoms with Gasteiger partial charge in [-0.1, -0.05) is 23.7 Å². The van der Waals surface area contributed by atoms with Crippen molar-refractivity contribution >= 4 is 45.7 Å². The number of rotatable bonds is 4. The van der Waals surface area contributed by atoms with Crippen molar-refractivity contribution in [3.8, 4) is 5.75 Å². The fraction of sp³-hybridized carbons (Fsp3) is 0.115. The van der Waals surface area contributed by atoms with Crippen molar-refractivity contribution in [2.24, 2.45) is 0 Å². The van der Waals surface area contributed by atoms with Gasteiger partial charge in [-0.25, -0.2) is 4.98 Å². The van der Waals surface area contributed by atoms with Crippen LogP contribution < -0.4 is 15.6 Å². The van der Waals surface area contributed by atoms with Gasteiger partial charge in [0.15, 0.2) is 0 Å². The summed E-state index contributed by atoms with van der Waals surface area (Å²) in [5.41, 5.74) is 3.62. The molecule has 0 fully saturated rings. The summed E-state index contributed by atoms with van der Waals surface area (Å²) in [7, 11) is 1.58. The summed E-state index contributed by atoms with van der Waals surface area (Å²) in [6.07, 6.45) is 2.71. The van der Waals surface area contributed by atoms with Gasteiger partial charge in [0, 0.05) is 22.8 Å². The van der Waals surface area contributed by atoms with Crippen molar-refractivity contribution in [3.63, 3.8) is 0 Å². The molecule has 0 aliphatic carbocycles. The first-order valence-corrected chi connectivity index (χ1v) is 10.9. The molecular weight excluding hydrogens is 438 g/mol. The van der Waals surface area contributed by atoms with Crippen molar-refractivity contribution in [2.45, 2.75) is 13.0 Å². The lowest BCUT2D eigenvalue weighted by Crippen LogP contribution is -2.20. The lowest BCUT2D eigenvalue weighted by atomic mass is 10.1. The molecule has 164 valence electrons. The quantitative estimate of drug-likeness (QED) is 0.454. The molecule has 0 radical (unpaired) electrons. The van der Waals surface area contributed by atoms with Crippen molar-refractivity contribution in [3.05, 3.63) is 99.1 Å². The van der Waals surface area contributed by atoms with Gasteiger partial charge in [0.25, 0.3) is 11.5 Å². The zero-order valence-corrected chi connectivity index (χ0v) is 18.6. The van der Waals surface area contributed by atoms with Crippen LogP contribution in [0.15, 0.2) is 71.5 Å². The second-order valence-corrected chi connectivity index (χ2v) is 8.22. The van der Waals surface area contributed by atoms with Gasteiger partial charge in [-0.15, -0.1) is 0 Å². The molecule has 0 saturated heterocycles. The molecule has 33 heavy (non-hydrogen) atoms. The maximum Gasteiger partial charge on any atom is 0.261 e. The Morgan fingerprint density at radius 2 is 1.94 bits per heavy atom. The fourth-order valence-electron chi connectivity index (χ4n) is 3.98. The van der Waals surface area contributed by atoms with E-state index in [1.165, 1.54) is 0 Å². The number of anilines is 1. The van der Waals surface area contributed by atoms with E-state index in [0.717, 1.165) is 11.1 Å². The van der Waals surface area contributed by atoms with Gasteiger partial charge in [-0.3, -0.25) is 14.2 Å². The van der Waals surface area contributed by atoms with Crippen molar-refractivity contribution in [1.82, 2.24) is 9.55 Å². The van der Waals surface area contributed by atoms with Crippen LogP contribution in [-0.2, 0) is 6.54 Å². The Bertz CT molecular complexity index is 1470. The number of fused-ring (bicyclic) bond motifs is 2. The highest BCUT2D eigenvalue weighted by Gasteiger charge is 2.21. The maximum absolute atomic E-state index is 12.9. The Hall–Kier alpha value is -3.90. The van der Waals surface area contributed by atoms with Crippen molar-refractivity contribution in [2.75, 3.05) is 12.4 Å². The Morgan fingerprint density at radius 1 is 1.12 bits per heavy atom. The highest BCUT2D eigenvalue weighted by Crippen LogP contribution is 2.28. The molecule has 5 rings (SSSR count). The zero-order valence-electron chi connectivity index (χ0n) is 17.8. The van der Waals surface area contributed by atoms with Crippen LogP contribution in [0.2, 0.25) is 5.02 Å². The van der Waals surface area contributed by atoms with Gasteiger partial charge in [0.1, 0.15) is 11.6 Å². The minimum Gasteiger partial charge on any atom is -0.497 e. The first-order valence-electron chi connectivity index (χ1n) is 10.5. The van der Waals surface area contributed by atoms with Crippen LogP contribution in [0, 0.1) is 0 Å². The van der Waals surface area contributed by atoms with E-state index in [1.807, 2.05) is 30.3 Å². The molecule has 6 nitrogen and oxygen atoms in total. The van der Waals surface area contributed by atoms with Crippen molar-refractivity contribution < 1.29 is 9.53 Å². The fourth-order valence-corrected chi connectivity index (χ4v) is 4.15. The summed E-state index contributed by atoms with van der Waals surface area (Å²) in [4.78, 5) is 30.2. The number of carbonyl (C=O) groups excluding carboxylic acids is 1. The van der Waals surface area contributed by atoms with Gasteiger partial charge in [0.05, 0.1) is 18.0 Å². The molecule has 1 amide bonds. The molecule has 1 aliphatic heterocycles. The number of allylic oxidation sites excluding steroid dienone is 1. The number of nitrogens with zero attached hydrogens (tertiary/aromatic N) is 2. The summed E-state index contributed by atoms with van der Waals surface area (Å²) >= 11 is 6.10. The summed E-state index contributed by atoms with van der Waals surface area (Å²) in [5, 5.41) is 4.03. The number of halogens is 1. The first kappa shape index (κ1) is 21.0. The molecular formula is C26H20ClN3O3. The van der Waals surface area contributed by atoms with Crippen LogP contribution in [0.5, 0.6) is 5.75 Å². The first-order chi connectivity index (χ1) is 16.0. The number of amides is 1. The van der Waals surface area contributed by atoms with E-state index >= 15 is 0 Å². The van der Waals surface area contributed by atoms with Crippen molar-refractivity contribution in [1.29, 1.82) is 0 Å². The lowest BCUT2D eigenvalue weighted by molar-refractivity contribution is 0.102. The number of aromatic nitrogens is 2. The second-order valence-electron chi connectivity index (χ2n) is 7.78. The van der Waals surface area contributed by atoms with Crippen LogP contribution in [0.1, 0.15) is 28.2 Å². The molecule has 7 heteroatoms. The number of ether oxygens (including phenoxy) is 1. The molecule has 3 aromatic carbocycles. The van der Waals surface area contributed by atoms with Crippen LogP contribution in [0.25, 0.3) is 22.6 Å². The van der Waals surface area contributed by atoms with Gasteiger partial charge in [0.2, 0.25) is 0 Å². The lowest BCUT2D eigenvalue weighted by Gasteiger charge is -2.08. The second kappa shape index (κ2) is 8.56. The third-order valence-corrected chi connectivity index (χ3v) is 5.88. The smallest absolute Gasteiger partial charge is 0.261 e. The number of nitrogens with one attached hydrogen (secondary N) is 1. The van der Waals surface area contributed by atoms with E-state index in [2.05, 4.69) is 5.32 Å². The van der Waals surface area contributed by atoms with E-state index in [1.54, 1.807) is 54.1 Å². The number of hydrogen-bond acceptors (Lipinski definition) is 4. The van der Waals surface area contributed by atoms with E-state index in [0.29, 0.717) is 51.7 Å². The number of methoxy groups -OCH3 is 1. The molecule has 0 bridgehead atoms. The van der Waals surface area contributed by atoms with Crippen LogP contribution in [0.4, 0.5) is 5.69 Å². The molecule has 1 N–H and O–H groups in total. The highest BCUT2D eigenvalue weighted by molar-refractivity contribution is 6.31. The number of hydrogen-bond donors (Lipinski definition) is 1. The number of carbonyl (C=O) groups is 1. The van der Waals surface area contributed by atoms with E-state index in [4.69, 9.17) is 21.3 Å². The molecule has 2 heterocycles. The van der Waals surface area contributed by atoms with E-state index in [9.17, 15) is 9.59 Å². The van der Waals surface area contributed by atoms with Crippen LogP contribution >= 0.6 is 11.6 Å². The Kier molecular flexibility index (Phi) is 5.44. The molecule has 0 spiro atoms. The molecule has 0 saturated carbocycles. The summed E-state index contributed by atoms with van der Waals surface area (Å²) in [6, 6.07) is 19.6. The predicted octanol–water partition coefficient (Wildman–Crippen LogP) is 5.26. The molecule has 0 atom stereocenters. The van der Waals surface area contributed by atoms with E-state index in [-0.39, 0.29) is 11.5 Å². The molecule has 0 unspecified atom stereocenters. The van der Waals surface area contributed by atoms with Gasteiger partial charge in [-0.2, -0.15) is 0 Å². The Morgan fingerprint density at radius 3 is 2.73 bits per heavy atom. The SMILES string of the molecule is COc1ccc(C(=O)Nc2cccc(/C=C3\CCn4c3nc3cc(Cl)ccc3c4=O)c2)cc1. The molecule has 1 aromatic heterocycles. The third-order valence-electron chi connectivity index (χ3n) is 5.65. The summed E-state index contributed by atoms with van der Waals surface area (Å²) < 4.78 is 6.84. The Balaban J connectivity index is 1.43. The predicted molar refractivity (Wildman–Crippen MR) is 131 cm³/mol. The minimum absolute atomic E-state index is 0.0597. The average Bonchev–Trinajstić information content (AvgIpc) is 3.22. The largest absolute Gasteiger partial charge is 0.497 e. The summed E-state index contributed by atoms with van der Waals surface area (Å²) in [6.45, 7) is 0.583. The summed E-state index contributed by atoms with van der Waals surface area (Å²) in [5.74, 6) is 1.15. The van der Waals surface area contributed by atoms with Gasteiger partial charge >= 0.3 is 0 Å². The monoisotopic (exact) mass is 457 g/mol. The Labute approximate surface area is 195 Å². The van der Waals surface area contributed by atoms with Gasteiger partial charge < -0.3 is 10.1 Å². The molecule has 4 aromatic rings. The highest BCUT2D eigenvalue weighted by atomic mass is 35.5. The van der Waals surface area contributed by atoms with Crippen LogP contribution in [0.3, 0.4) is 0 Å². The topological polar surface area (TPSA) is 73.2 Å². The maximum atomic E-state index is 12.9. The normalized spacial score (nSPS) is 13.8. The van der Waals surface area contributed by atoms with E-state index < -0.39 is 0 Å². The van der Waals surface area contributed by atoms with Gasteiger partial charge in [-0.05, 0) is 78.2 Å². The van der Waals surface area contributed by atoms with Crippen LogP contribution in [-0.4, -0.2) is 22.6 Å². The average molecular weight is 458 g/mol. The number of benzene rings is 3. The molecule has 1 aliphatic rings. The minimum atomic E-state index is -0.203.